The Kier molecular flexibility index (Phi) is 5.15. The van der Waals surface area contributed by atoms with Gasteiger partial charge in [0.15, 0.2) is 0 Å². The number of nitrogens with one attached hydrogen (secondary N) is 2. The molecule has 0 aliphatic rings. The molecule has 1 aromatic heterocycles. The highest BCUT2D eigenvalue weighted by molar-refractivity contribution is 5.83. The zero-order valence-corrected chi connectivity index (χ0v) is 11.6. The number of primary amides is 1. The van der Waals surface area contributed by atoms with Crippen LogP contribution in [0.5, 0.6) is 0 Å². The molecule has 1 amide bonds. The maximum atomic E-state index is 11.3. The zero-order valence-electron chi connectivity index (χ0n) is 11.6. The van der Waals surface area contributed by atoms with Crippen molar-refractivity contribution >= 4 is 16.8 Å². The minimum Gasteiger partial charge on any atom is -0.368 e. The van der Waals surface area contributed by atoms with Gasteiger partial charge < -0.3 is 21.8 Å². The number of amides is 1. The first-order valence-corrected chi connectivity index (χ1v) is 7.00. The van der Waals surface area contributed by atoms with Crippen molar-refractivity contribution in [2.24, 2.45) is 11.5 Å². The number of aromatic nitrogens is 1. The van der Waals surface area contributed by atoms with Gasteiger partial charge in [0.1, 0.15) is 0 Å². The molecule has 6 N–H and O–H groups in total. The number of hydrogen-bond donors (Lipinski definition) is 4. The second kappa shape index (κ2) is 7.07. The lowest BCUT2D eigenvalue weighted by molar-refractivity contribution is -0.120. The van der Waals surface area contributed by atoms with Gasteiger partial charge in [0.05, 0.1) is 6.04 Å². The molecule has 0 aliphatic heterocycles. The molecule has 0 aliphatic carbocycles. The molecule has 5 nitrogen and oxygen atoms in total. The Morgan fingerprint density at radius 2 is 2.15 bits per heavy atom. The SMILES string of the molecule is NCCC[C@H](NCCc1c[nH]c2ccccc12)C(N)=O. The first-order valence-electron chi connectivity index (χ1n) is 7.00. The van der Waals surface area contributed by atoms with Crippen LogP contribution in [0.4, 0.5) is 0 Å². The van der Waals surface area contributed by atoms with Gasteiger partial charge in [-0.25, -0.2) is 0 Å². The predicted octanol–water partition coefficient (Wildman–Crippen LogP) is 0.893. The van der Waals surface area contributed by atoms with Crippen LogP contribution >= 0.6 is 0 Å². The maximum absolute atomic E-state index is 11.3. The van der Waals surface area contributed by atoms with Crippen molar-refractivity contribution in [1.29, 1.82) is 0 Å². The lowest BCUT2D eigenvalue weighted by Gasteiger charge is -2.14. The summed E-state index contributed by atoms with van der Waals surface area (Å²) in [6, 6.07) is 7.90. The van der Waals surface area contributed by atoms with E-state index in [-0.39, 0.29) is 11.9 Å². The van der Waals surface area contributed by atoms with E-state index in [1.807, 2.05) is 18.3 Å². The van der Waals surface area contributed by atoms with Crippen molar-refractivity contribution in [3.05, 3.63) is 36.0 Å². The van der Waals surface area contributed by atoms with Gasteiger partial charge in [0, 0.05) is 17.1 Å². The zero-order chi connectivity index (χ0) is 14.4. The fraction of sp³-hybridized carbons (Fsp3) is 0.400. The van der Waals surface area contributed by atoms with E-state index >= 15 is 0 Å². The number of aromatic amines is 1. The van der Waals surface area contributed by atoms with Gasteiger partial charge in [-0.3, -0.25) is 4.79 Å². The second-order valence-corrected chi connectivity index (χ2v) is 4.95. The Morgan fingerprint density at radius 1 is 1.35 bits per heavy atom. The summed E-state index contributed by atoms with van der Waals surface area (Å²) in [4.78, 5) is 14.6. The van der Waals surface area contributed by atoms with Gasteiger partial charge in [-0.15, -0.1) is 0 Å². The standard InChI is InChI=1S/C15H22N4O/c16-8-3-6-14(15(17)20)18-9-7-11-10-19-13-5-2-1-4-12(11)13/h1-2,4-5,10,14,18-19H,3,6-9,16H2,(H2,17,20)/t14-/m0/s1. The first-order chi connectivity index (χ1) is 9.72. The van der Waals surface area contributed by atoms with Crippen LogP contribution in [0.2, 0.25) is 0 Å². The molecule has 2 aromatic rings. The van der Waals surface area contributed by atoms with Crippen LogP contribution in [0.15, 0.2) is 30.5 Å². The summed E-state index contributed by atoms with van der Waals surface area (Å²) >= 11 is 0. The van der Waals surface area contributed by atoms with Gasteiger partial charge in [-0.05, 0) is 44.0 Å². The van der Waals surface area contributed by atoms with Gasteiger partial charge in [-0.2, -0.15) is 0 Å². The second-order valence-electron chi connectivity index (χ2n) is 4.95. The Morgan fingerprint density at radius 3 is 2.90 bits per heavy atom. The predicted molar refractivity (Wildman–Crippen MR) is 81.3 cm³/mol. The molecule has 0 unspecified atom stereocenters. The molecule has 5 heteroatoms. The number of carbonyl (C=O) groups excluding carboxylic acids is 1. The van der Waals surface area contributed by atoms with Crippen LogP contribution < -0.4 is 16.8 Å². The summed E-state index contributed by atoms with van der Waals surface area (Å²) < 4.78 is 0. The number of benzene rings is 1. The molecular formula is C15H22N4O. The molecule has 0 bridgehead atoms. The largest absolute Gasteiger partial charge is 0.368 e. The van der Waals surface area contributed by atoms with Crippen LogP contribution in [-0.2, 0) is 11.2 Å². The van der Waals surface area contributed by atoms with E-state index in [0.717, 1.165) is 24.9 Å². The normalized spacial score (nSPS) is 12.7. The minimum absolute atomic E-state index is 0.288. The van der Waals surface area contributed by atoms with E-state index < -0.39 is 0 Å². The number of fused-ring (bicyclic) bond motifs is 1. The van der Waals surface area contributed by atoms with Gasteiger partial charge >= 0.3 is 0 Å². The molecule has 1 atom stereocenters. The molecule has 1 aromatic carbocycles. The molecule has 0 saturated carbocycles. The molecule has 2 rings (SSSR count). The fourth-order valence-corrected chi connectivity index (χ4v) is 2.39. The van der Waals surface area contributed by atoms with Gasteiger partial charge in [-0.1, -0.05) is 18.2 Å². The number of H-pyrrole nitrogens is 1. The van der Waals surface area contributed by atoms with Crippen molar-refractivity contribution in [3.8, 4) is 0 Å². The van der Waals surface area contributed by atoms with E-state index in [0.29, 0.717) is 13.0 Å². The average Bonchev–Trinajstić information content (AvgIpc) is 2.85. The minimum atomic E-state index is -0.308. The number of nitrogens with two attached hydrogens (primary N) is 2. The molecular weight excluding hydrogens is 252 g/mol. The van der Waals surface area contributed by atoms with Crippen LogP contribution in [0, 0.1) is 0 Å². The summed E-state index contributed by atoms with van der Waals surface area (Å²) in [5.41, 5.74) is 13.2. The Bertz CT molecular complexity index is 564. The van der Waals surface area contributed by atoms with Gasteiger partial charge in [0.2, 0.25) is 5.91 Å². The highest BCUT2D eigenvalue weighted by atomic mass is 16.1. The monoisotopic (exact) mass is 274 g/mol. The fourth-order valence-electron chi connectivity index (χ4n) is 2.39. The van der Waals surface area contributed by atoms with Crippen molar-refractivity contribution < 1.29 is 4.79 Å². The molecule has 0 radical (unpaired) electrons. The van der Waals surface area contributed by atoms with E-state index in [1.165, 1.54) is 10.9 Å². The van der Waals surface area contributed by atoms with Crippen molar-refractivity contribution in [1.82, 2.24) is 10.3 Å². The number of para-hydroxylation sites is 1. The number of carbonyl (C=O) groups is 1. The van der Waals surface area contributed by atoms with E-state index in [1.54, 1.807) is 0 Å². The van der Waals surface area contributed by atoms with Crippen LogP contribution in [0.25, 0.3) is 10.9 Å². The third-order valence-electron chi connectivity index (χ3n) is 3.50. The molecule has 0 saturated heterocycles. The van der Waals surface area contributed by atoms with Crippen LogP contribution in [0.3, 0.4) is 0 Å². The third kappa shape index (κ3) is 3.59. The van der Waals surface area contributed by atoms with E-state index in [2.05, 4.69) is 22.4 Å². The van der Waals surface area contributed by atoms with Crippen molar-refractivity contribution in [2.45, 2.75) is 25.3 Å². The lowest BCUT2D eigenvalue weighted by Crippen LogP contribution is -2.42. The number of rotatable bonds is 8. The van der Waals surface area contributed by atoms with Crippen molar-refractivity contribution in [2.75, 3.05) is 13.1 Å². The van der Waals surface area contributed by atoms with Crippen LogP contribution in [0.1, 0.15) is 18.4 Å². The summed E-state index contributed by atoms with van der Waals surface area (Å²) in [6.45, 7) is 1.30. The summed E-state index contributed by atoms with van der Waals surface area (Å²) in [6.07, 6.45) is 4.37. The lowest BCUT2D eigenvalue weighted by atomic mass is 10.1. The summed E-state index contributed by atoms with van der Waals surface area (Å²) in [5, 5.41) is 4.44. The third-order valence-corrected chi connectivity index (χ3v) is 3.50. The van der Waals surface area contributed by atoms with E-state index in [4.69, 9.17) is 11.5 Å². The highest BCUT2D eigenvalue weighted by Crippen LogP contribution is 2.17. The Labute approximate surface area is 118 Å². The topological polar surface area (TPSA) is 96.9 Å². The molecule has 20 heavy (non-hydrogen) atoms. The Balaban J connectivity index is 1.89. The number of hydrogen-bond acceptors (Lipinski definition) is 3. The summed E-state index contributed by atoms with van der Waals surface area (Å²) in [7, 11) is 0. The molecule has 108 valence electrons. The molecule has 1 heterocycles. The smallest absolute Gasteiger partial charge is 0.234 e. The maximum Gasteiger partial charge on any atom is 0.234 e. The molecule has 0 spiro atoms. The van der Waals surface area contributed by atoms with Crippen LogP contribution in [-0.4, -0.2) is 30.0 Å². The van der Waals surface area contributed by atoms with E-state index in [9.17, 15) is 4.79 Å². The first kappa shape index (κ1) is 14.6. The van der Waals surface area contributed by atoms with Gasteiger partial charge in [0.25, 0.3) is 0 Å². The quantitative estimate of drug-likeness (QED) is 0.575. The molecule has 0 fully saturated rings. The Hall–Kier alpha value is -1.85. The average molecular weight is 274 g/mol. The highest BCUT2D eigenvalue weighted by Gasteiger charge is 2.13. The van der Waals surface area contributed by atoms with Crippen molar-refractivity contribution in [3.63, 3.8) is 0 Å². The summed E-state index contributed by atoms with van der Waals surface area (Å²) in [5.74, 6) is -0.308.